The van der Waals surface area contributed by atoms with Gasteiger partial charge >= 0.3 is 0 Å². The first-order chi connectivity index (χ1) is 8.07. The summed E-state index contributed by atoms with van der Waals surface area (Å²) in [7, 11) is 0. The average molecular weight is 276 g/mol. The van der Waals surface area contributed by atoms with Gasteiger partial charge in [0, 0.05) is 18.1 Å². The molecule has 1 rings (SSSR count). The molecule has 0 bridgehead atoms. The van der Waals surface area contributed by atoms with Crippen LogP contribution in [-0.4, -0.2) is 18.1 Å². The second kappa shape index (κ2) is 6.61. The zero-order valence-corrected chi connectivity index (χ0v) is 10.9. The lowest BCUT2D eigenvalue weighted by Gasteiger charge is -2.12. The normalized spacial score (nSPS) is 10.2. The molecule has 5 N–H and O–H groups in total. The topological polar surface area (TPSA) is 64.1 Å². The van der Waals surface area contributed by atoms with Gasteiger partial charge in [-0.15, -0.1) is 6.58 Å². The van der Waals surface area contributed by atoms with Crippen molar-refractivity contribution in [2.75, 3.05) is 34.8 Å². The molecule has 0 saturated carbocycles. The lowest BCUT2D eigenvalue weighted by atomic mass is 10.2. The molecule has 0 aliphatic carbocycles. The largest absolute Gasteiger partial charge is 0.397 e. The molecule has 6 heteroatoms. The van der Waals surface area contributed by atoms with E-state index in [0.717, 1.165) is 11.5 Å². The van der Waals surface area contributed by atoms with Crippen LogP contribution in [0.2, 0.25) is 5.02 Å². The van der Waals surface area contributed by atoms with Crippen molar-refractivity contribution in [3.8, 4) is 0 Å². The summed E-state index contributed by atoms with van der Waals surface area (Å²) in [5.41, 5.74) is 11.8. The smallest absolute Gasteiger partial charge is 0.169 e. The molecule has 0 heterocycles. The highest BCUT2D eigenvalue weighted by Gasteiger charge is 2.13. The molecule has 0 aliphatic heterocycles. The fourth-order valence-corrected chi connectivity index (χ4v) is 1.99. The average Bonchev–Trinajstić information content (AvgIpc) is 2.30. The molecule has 0 radical (unpaired) electrons. The number of halogens is 2. The summed E-state index contributed by atoms with van der Waals surface area (Å²) in [6, 6.07) is 1.45. The molecule has 3 nitrogen and oxygen atoms in total. The van der Waals surface area contributed by atoms with Crippen LogP contribution < -0.4 is 16.8 Å². The van der Waals surface area contributed by atoms with Crippen LogP contribution in [0.4, 0.5) is 21.5 Å². The summed E-state index contributed by atoms with van der Waals surface area (Å²) in [4.78, 5) is 0. The van der Waals surface area contributed by atoms with Gasteiger partial charge in [0.05, 0.1) is 17.1 Å². The van der Waals surface area contributed by atoms with E-state index in [4.69, 9.17) is 23.1 Å². The molecule has 0 amide bonds. The van der Waals surface area contributed by atoms with Crippen LogP contribution in [0.15, 0.2) is 18.7 Å². The predicted molar refractivity (Wildman–Crippen MR) is 76.2 cm³/mol. The van der Waals surface area contributed by atoms with Crippen LogP contribution in [0.3, 0.4) is 0 Å². The zero-order valence-electron chi connectivity index (χ0n) is 9.30. The first-order valence-electron chi connectivity index (χ1n) is 5.03. The summed E-state index contributed by atoms with van der Waals surface area (Å²) >= 11 is 7.39. The van der Waals surface area contributed by atoms with Crippen molar-refractivity contribution < 1.29 is 4.39 Å². The number of nitrogen functional groups attached to an aromatic ring is 2. The third-order valence-electron chi connectivity index (χ3n) is 2.05. The highest BCUT2D eigenvalue weighted by atomic mass is 35.5. The number of nitrogens with two attached hydrogens (primary N) is 2. The van der Waals surface area contributed by atoms with E-state index in [0.29, 0.717) is 6.54 Å². The zero-order chi connectivity index (χ0) is 12.8. The Morgan fingerprint density at radius 3 is 2.82 bits per heavy atom. The van der Waals surface area contributed by atoms with Gasteiger partial charge in [0.15, 0.2) is 5.82 Å². The van der Waals surface area contributed by atoms with E-state index in [1.165, 1.54) is 6.07 Å². The molecule has 1 aromatic rings. The highest BCUT2D eigenvalue weighted by molar-refractivity contribution is 7.99. The third-order valence-corrected chi connectivity index (χ3v) is 3.40. The quantitative estimate of drug-likeness (QED) is 0.424. The summed E-state index contributed by atoms with van der Waals surface area (Å²) < 4.78 is 13.7. The van der Waals surface area contributed by atoms with E-state index in [9.17, 15) is 4.39 Å². The second-order valence-corrected chi connectivity index (χ2v) is 4.88. The van der Waals surface area contributed by atoms with Gasteiger partial charge in [0.2, 0.25) is 0 Å². The Morgan fingerprint density at radius 1 is 1.47 bits per heavy atom. The lowest BCUT2D eigenvalue weighted by molar-refractivity contribution is 0.632. The standard InChI is InChI=1S/C11H15ClFN3S/c1-2-4-17-5-3-16-11-8(15)6-7(14)9(12)10(11)13/h2,6,16H,1,3-5,14-15H2. The number of thioether (sulfide) groups is 1. The summed E-state index contributed by atoms with van der Waals surface area (Å²) in [5, 5.41) is 2.82. The maximum Gasteiger partial charge on any atom is 0.169 e. The van der Waals surface area contributed by atoms with Gasteiger partial charge in [0.1, 0.15) is 5.02 Å². The van der Waals surface area contributed by atoms with E-state index in [2.05, 4.69) is 11.9 Å². The van der Waals surface area contributed by atoms with Gasteiger partial charge < -0.3 is 16.8 Å². The van der Waals surface area contributed by atoms with Crippen molar-refractivity contribution in [3.63, 3.8) is 0 Å². The minimum atomic E-state index is -0.599. The number of nitrogens with one attached hydrogen (secondary N) is 1. The number of rotatable bonds is 6. The summed E-state index contributed by atoms with van der Waals surface area (Å²) in [6.07, 6.45) is 1.82. The molecule has 0 aliphatic rings. The second-order valence-electron chi connectivity index (χ2n) is 3.35. The van der Waals surface area contributed by atoms with Crippen LogP contribution in [-0.2, 0) is 0 Å². The van der Waals surface area contributed by atoms with Crippen LogP contribution in [0.1, 0.15) is 0 Å². The molecular formula is C11H15ClFN3S. The maximum atomic E-state index is 13.7. The van der Waals surface area contributed by atoms with E-state index in [1.807, 2.05) is 6.08 Å². The number of hydrogen-bond donors (Lipinski definition) is 3. The van der Waals surface area contributed by atoms with Gasteiger partial charge in [0.25, 0.3) is 0 Å². The molecule has 0 atom stereocenters. The Hall–Kier alpha value is -1.07. The molecule has 0 spiro atoms. The van der Waals surface area contributed by atoms with E-state index in [-0.39, 0.29) is 22.1 Å². The number of hydrogen-bond acceptors (Lipinski definition) is 4. The minimum absolute atomic E-state index is 0.0968. The van der Waals surface area contributed by atoms with Gasteiger partial charge in [-0.05, 0) is 6.07 Å². The van der Waals surface area contributed by atoms with Crippen molar-refractivity contribution in [2.24, 2.45) is 0 Å². The van der Waals surface area contributed by atoms with E-state index in [1.54, 1.807) is 11.8 Å². The van der Waals surface area contributed by atoms with Crippen molar-refractivity contribution in [3.05, 3.63) is 29.6 Å². The SMILES string of the molecule is C=CCSCCNc1c(N)cc(N)c(Cl)c1F. The predicted octanol–water partition coefficient (Wildman–Crippen LogP) is 2.97. The fourth-order valence-electron chi connectivity index (χ4n) is 1.26. The Morgan fingerprint density at radius 2 is 2.18 bits per heavy atom. The minimum Gasteiger partial charge on any atom is -0.397 e. The highest BCUT2D eigenvalue weighted by Crippen LogP contribution is 2.33. The van der Waals surface area contributed by atoms with Gasteiger partial charge in [-0.25, -0.2) is 4.39 Å². The van der Waals surface area contributed by atoms with Crippen LogP contribution in [0.5, 0.6) is 0 Å². The van der Waals surface area contributed by atoms with Crippen LogP contribution >= 0.6 is 23.4 Å². The van der Waals surface area contributed by atoms with Gasteiger partial charge in [-0.1, -0.05) is 17.7 Å². The molecule has 17 heavy (non-hydrogen) atoms. The first-order valence-corrected chi connectivity index (χ1v) is 6.56. The Kier molecular flexibility index (Phi) is 5.44. The van der Waals surface area contributed by atoms with Gasteiger partial charge in [-0.3, -0.25) is 0 Å². The monoisotopic (exact) mass is 275 g/mol. The van der Waals surface area contributed by atoms with Crippen molar-refractivity contribution in [1.29, 1.82) is 0 Å². The van der Waals surface area contributed by atoms with Crippen molar-refractivity contribution >= 4 is 40.4 Å². The molecule has 0 aromatic heterocycles. The molecule has 0 saturated heterocycles. The molecule has 0 fully saturated rings. The third kappa shape index (κ3) is 3.71. The van der Waals surface area contributed by atoms with Crippen molar-refractivity contribution in [1.82, 2.24) is 0 Å². The van der Waals surface area contributed by atoms with Crippen LogP contribution in [0.25, 0.3) is 0 Å². The summed E-state index contributed by atoms with van der Waals surface area (Å²) in [5.74, 6) is 1.09. The molecule has 0 unspecified atom stereocenters. The molecular weight excluding hydrogens is 261 g/mol. The Balaban J connectivity index is 2.65. The van der Waals surface area contributed by atoms with Gasteiger partial charge in [-0.2, -0.15) is 11.8 Å². The Bertz CT molecular complexity index is 412. The van der Waals surface area contributed by atoms with Crippen LogP contribution in [0, 0.1) is 5.82 Å². The Labute approximate surface area is 109 Å². The van der Waals surface area contributed by atoms with Crippen molar-refractivity contribution in [2.45, 2.75) is 0 Å². The van der Waals surface area contributed by atoms with E-state index < -0.39 is 5.82 Å². The first kappa shape index (κ1) is 14.0. The van der Waals surface area contributed by atoms with E-state index >= 15 is 0 Å². The fraction of sp³-hybridized carbons (Fsp3) is 0.273. The number of benzene rings is 1. The lowest BCUT2D eigenvalue weighted by Crippen LogP contribution is -2.09. The number of anilines is 3. The molecule has 1 aromatic carbocycles. The maximum absolute atomic E-state index is 13.7. The molecule has 94 valence electrons. The summed E-state index contributed by atoms with van der Waals surface area (Å²) in [6.45, 7) is 4.21.